The highest BCUT2D eigenvalue weighted by molar-refractivity contribution is 5.91. The number of nitrogens with one attached hydrogen (secondary N) is 1. The first-order chi connectivity index (χ1) is 13.5. The number of benzene rings is 3. The lowest BCUT2D eigenvalue weighted by atomic mass is 10.0. The van der Waals surface area contributed by atoms with Crippen LogP contribution in [0.4, 0.5) is 5.69 Å². The largest absolute Gasteiger partial charge is 0.484 e. The Morgan fingerprint density at radius 2 is 1.64 bits per heavy atom. The fourth-order valence-electron chi connectivity index (χ4n) is 2.78. The van der Waals surface area contributed by atoms with Gasteiger partial charge in [0.05, 0.1) is 0 Å². The third-order valence-electron chi connectivity index (χ3n) is 4.45. The summed E-state index contributed by atoms with van der Waals surface area (Å²) < 4.78 is 5.43. The fraction of sp³-hybridized carbons (Fsp3) is 0.217. The molecule has 0 fully saturated rings. The summed E-state index contributed by atoms with van der Waals surface area (Å²) in [6.45, 7) is -0.00946. The number of aryl methyl sites for hydroxylation is 1. The van der Waals surface area contributed by atoms with Crippen LogP contribution in [-0.4, -0.2) is 37.4 Å². The highest BCUT2D eigenvalue weighted by Gasteiger charge is 2.07. The number of ether oxygens (including phenoxy) is 1. The van der Waals surface area contributed by atoms with E-state index >= 15 is 0 Å². The van der Waals surface area contributed by atoms with Crippen LogP contribution in [0.5, 0.6) is 5.75 Å². The van der Waals surface area contributed by atoms with Gasteiger partial charge in [0.2, 0.25) is 5.91 Å². The van der Waals surface area contributed by atoms with Crippen LogP contribution in [0, 0.1) is 0 Å². The number of hydrogen-bond acceptors (Lipinski definition) is 3. The maximum absolute atomic E-state index is 12.2. The maximum atomic E-state index is 12.2. The molecule has 0 saturated carbocycles. The number of anilines is 1. The fourth-order valence-corrected chi connectivity index (χ4v) is 2.78. The van der Waals surface area contributed by atoms with Crippen LogP contribution >= 0.6 is 0 Å². The average Bonchev–Trinajstić information content (AvgIpc) is 2.71. The number of fused-ring (bicyclic) bond motifs is 1. The first-order valence-corrected chi connectivity index (χ1v) is 9.22. The van der Waals surface area contributed by atoms with Gasteiger partial charge in [-0.15, -0.1) is 0 Å². The van der Waals surface area contributed by atoms with Crippen molar-refractivity contribution in [2.45, 2.75) is 12.8 Å². The minimum absolute atomic E-state index is 0.00946. The van der Waals surface area contributed by atoms with E-state index in [9.17, 15) is 9.59 Å². The second-order valence-electron chi connectivity index (χ2n) is 6.83. The van der Waals surface area contributed by atoms with E-state index in [-0.39, 0.29) is 18.4 Å². The van der Waals surface area contributed by atoms with Gasteiger partial charge in [-0.2, -0.15) is 0 Å². The Morgan fingerprint density at radius 3 is 2.36 bits per heavy atom. The van der Waals surface area contributed by atoms with Gasteiger partial charge in [0.25, 0.3) is 5.91 Å². The smallest absolute Gasteiger partial charge is 0.259 e. The van der Waals surface area contributed by atoms with E-state index in [0.717, 1.165) is 5.56 Å². The molecular formula is C23H24N2O3. The summed E-state index contributed by atoms with van der Waals surface area (Å²) in [7, 11) is 3.37. The van der Waals surface area contributed by atoms with Crippen molar-refractivity contribution in [1.82, 2.24) is 4.90 Å². The topological polar surface area (TPSA) is 58.6 Å². The van der Waals surface area contributed by atoms with E-state index in [1.54, 1.807) is 38.4 Å². The minimum atomic E-state index is -0.105. The molecule has 144 valence electrons. The summed E-state index contributed by atoms with van der Waals surface area (Å²) in [5.74, 6) is 0.444. The number of likely N-dealkylation sites (N-methyl/N-ethyl adjacent to an activating group) is 1. The van der Waals surface area contributed by atoms with E-state index in [1.165, 1.54) is 15.7 Å². The summed E-state index contributed by atoms with van der Waals surface area (Å²) in [6, 6.07) is 21.5. The zero-order valence-electron chi connectivity index (χ0n) is 16.1. The summed E-state index contributed by atoms with van der Waals surface area (Å²) in [5.41, 5.74) is 1.85. The molecule has 3 aromatic carbocycles. The molecule has 3 aromatic rings. The van der Waals surface area contributed by atoms with E-state index in [0.29, 0.717) is 24.3 Å². The molecular weight excluding hydrogens is 352 g/mol. The van der Waals surface area contributed by atoms with Crippen molar-refractivity contribution in [2.24, 2.45) is 0 Å². The monoisotopic (exact) mass is 376 g/mol. The zero-order chi connectivity index (χ0) is 19.9. The Morgan fingerprint density at radius 1 is 0.929 bits per heavy atom. The molecule has 0 aliphatic carbocycles. The predicted octanol–water partition coefficient (Wildman–Crippen LogP) is 3.88. The van der Waals surface area contributed by atoms with Crippen molar-refractivity contribution in [3.05, 3.63) is 72.3 Å². The number of nitrogens with zero attached hydrogens (tertiary/aromatic N) is 1. The van der Waals surface area contributed by atoms with Crippen molar-refractivity contribution >= 4 is 28.3 Å². The molecule has 0 aliphatic rings. The number of amides is 2. The van der Waals surface area contributed by atoms with Gasteiger partial charge in [-0.3, -0.25) is 9.59 Å². The third-order valence-corrected chi connectivity index (χ3v) is 4.45. The molecule has 5 nitrogen and oxygen atoms in total. The number of carbonyl (C=O) groups excluding carboxylic acids is 2. The molecule has 0 saturated heterocycles. The number of rotatable bonds is 7. The molecule has 3 rings (SSSR count). The van der Waals surface area contributed by atoms with Crippen LogP contribution in [0.1, 0.15) is 12.0 Å². The Balaban J connectivity index is 1.49. The lowest BCUT2D eigenvalue weighted by molar-refractivity contribution is -0.130. The lowest BCUT2D eigenvalue weighted by Gasteiger charge is -2.12. The van der Waals surface area contributed by atoms with Crippen LogP contribution in [0.3, 0.4) is 0 Å². The zero-order valence-corrected chi connectivity index (χ0v) is 16.1. The number of carbonyl (C=O) groups is 2. The van der Waals surface area contributed by atoms with Crippen LogP contribution in [0.15, 0.2) is 66.7 Å². The molecule has 1 N–H and O–H groups in total. The van der Waals surface area contributed by atoms with Gasteiger partial charge in [-0.25, -0.2) is 0 Å². The molecule has 0 spiro atoms. The molecule has 2 amide bonds. The molecule has 0 aliphatic heterocycles. The Bertz CT molecular complexity index is 965. The second-order valence-corrected chi connectivity index (χ2v) is 6.83. The van der Waals surface area contributed by atoms with E-state index in [2.05, 4.69) is 35.6 Å². The highest BCUT2D eigenvalue weighted by Crippen LogP contribution is 2.18. The quantitative estimate of drug-likeness (QED) is 0.681. The standard InChI is InChI=1S/C23H24N2O3/c1-25(2)23(27)16-28-21-12-10-20(11-13-21)24-22(26)14-8-17-7-9-18-5-3-4-6-19(18)15-17/h3-7,9-13,15H,8,14,16H2,1-2H3,(H,24,26). The molecule has 0 bridgehead atoms. The Kier molecular flexibility index (Phi) is 6.27. The van der Waals surface area contributed by atoms with Gasteiger partial charge in [-0.05, 0) is 47.0 Å². The van der Waals surface area contributed by atoms with Crippen LogP contribution < -0.4 is 10.1 Å². The van der Waals surface area contributed by atoms with Gasteiger partial charge in [0.1, 0.15) is 5.75 Å². The molecule has 5 heteroatoms. The number of hydrogen-bond donors (Lipinski definition) is 1. The van der Waals surface area contributed by atoms with E-state index in [1.807, 2.05) is 12.1 Å². The Hall–Kier alpha value is -3.34. The first kappa shape index (κ1) is 19.4. The molecule has 0 aromatic heterocycles. The van der Waals surface area contributed by atoms with Gasteiger partial charge < -0.3 is 15.0 Å². The van der Waals surface area contributed by atoms with Crippen molar-refractivity contribution in [3.63, 3.8) is 0 Å². The molecule has 0 atom stereocenters. The van der Waals surface area contributed by atoms with Gasteiger partial charge in [0.15, 0.2) is 6.61 Å². The molecule has 0 radical (unpaired) electrons. The van der Waals surface area contributed by atoms with E-state index < -0.39 is 0 Å². The van der Waals surface area contributed by atoms with Gasteiger partial charge >= 0.3 is 0 Å². The molecule has 0 heterocycles. The third kappa shape index (κ3) is 5.33. The first-order valence-electron chi connectivity index (χ1n) is 9.22. The van der Waals surface area contributed by atoms with Crippen LogP contribution in [0.25, 0.3) is 10.8 Å². The average molecular weight is 376 g/mol. The van der Waals surface area contributed by atoms with Crippen molar-refractivity contribution in [1.29, 1.82) is 0 Å². The summed E-state index contributed by atoms with van der Waals surface area (Å²) in [4.78, 5) is 25.2. The maximum Gasteiger partial charge on any atom is 0.259 e. The van der Waals surface area contributed by atoms with Crippen molar-refractivity contribution in [2.75, 3.05) is 26.0 Å². The molecule has 28 heavy (non-hydrogen) atoms. The Labute approximate surface area is 164 Å². The second kappa shape index (κ2) is 9.04. The normalized spacial score (nSPS) is 10.5. The van der Waals surface area contributed by atoms with Crippen LogP contribution in [0.2, 0.25) is 0 Å². The molecule has 0 unspecified atom stereocenters. The summed E-state index contributed by atoms with van der Waals surface area (Å²) >= 11 is 0. The van der Waals surface area contributed by atoms with Crippen molar-refractivity contribution in [3.8, 4) is 5.75 Å². The van der Waals surface area contributed by atoms with Crippen molar-refractivity contribution < 1.29 is 14.3 Å². The van der Waals surface area contributed by atoms with E-state index in [4.69, 9.17) is 4.74 Å². The van der Waals surface area contributed by atoms with Gasteiger partial charge in [-0.1, -0.05) is 42.5 Å². The predicted molar refractivity (Wildman–Crippen MR) is 112 cm³/mol. The minimum Gasteiger partial charge on any atom is -0.484 e. The lowest BCUT2D eigenvalue weighted by Crippen LogP contribution is -2.27. The highest BCUT2D eigenvalue weighted by atomic mass is 16.5. The van der Waals surface area contributed by atoms with Gasteiger partial charge in [0, 0.05) is 26.2 Å². The summed E-state index contributed by atoms with van der Waals surface area (Å²) in [6.07, 6.45) is 1.10. The van der Waals surface area contributed by atoms with Crippen LogP contribution in [-0.2, 0) is 16.0 Å². The summed E-state index contributed by atoms with van der Waals surface area (Å²) in [5, 5.41) is 5.27. The SMILES string of the molecule is CN(C)C(=O)COc1ccc(NC(=O)CCc2ccc3ccccc3c2)cc1.